The third-order valence-corrected chi connectivity index (χ3v) is 7.09. The lowest BCUT2D eigenvalue weighted by molar-refractivity contribution is -0.140. The van der Waals surface area contributed by atoms with E-state index in [0.29, 0.717) is 35.9 Å². The molecular formula is C22H25NO7. The Labute approximate surface area is 174 Å². The van der Waals surface area contributed by atoms with E-state index in [4.69, 9.17) is 19.7 Å². The van der Waals surface area contributed by atoms with E-state index in [-0.39, 0.29) is 17.3 Å². The Morgan fingerprint density at radius 2 is 1.93 bits per heavy atom. The van der Waals surface area contributed by atoms with Crippen LogP contribution < -0.4 is 0 Å². The number of carbonyl (C=O) groups is 3. The summed E-state index contributed by atoms with van der Waals surface area (Å²) in [6.07, 6.45) is 11.2. The Morgan fingerprint density at radius 1 is 1.23 bits per heavy atom. The maximum atomic E-state index is 12.6. The van der Waals surface area contributed by atoms with Gasteiger partial charge < -0.3 is 24.6 Å². The SMILES string of the molecule is COC1=C2O[C@H]3C(=O)C=C[C@H]4[C@H]5CC(C=C1)C2[C@@]34CCN5C.O=C(O)/C=C/C(=O)O. The summed E-state index contributed by atoms with van der Waals surface area (Å²) >= 11 is 0. The second-order valence-corrected chi connectivity index (χ2v) is 8.37. The van der Waals surface area contributed by atoms with Gasteiger partial charge in [-0.3, -0.25) is 4.79 Å². The van der Waals surface area contributed by atoms with Crippen LogP contribution in [0.15, 0.2) is 48.0 Å². The number of carbonyl (C=O) groups excluding carboxylic acids is 1. The number of ketones is 1. The molecule has 30 heavy (non-hydrogen) atoms. The molecule has 8 heteroatoms. The summed E-state index contributed by atoms with van der Waals surface area (Å²) in [5.41, 5.74) is -0.0597. The minimum absolute atomic E-state index is 0.0597. The van der Waals surface area contributed by atoms with Gasteiger partial charge in [0.15, 0.2) is 17.6 Å². The molecule has 0 aromatic heterocycles. The molecule has 0 aromatic rings. The highest BCUT2D eigenvalue weighted by Crippen LogP contribution is 2.66. The summed E-state index contributed by atoms with van der Waals surface area (Å²) in [7, 11) is 3.91. The van der Waals surface area contributed by atoms with Crippen LogP contribution in [-0.2, 0) is 23.9 Å². The molecule has 5 aliphatic rings. The molecule has 2 heterocycles. The molecular weight excluding hydrogens is 390 g/mol. The van der Waals surface area contributed by atoms with Gasteiger partial charge in [0.05, 0.1) is 7.11 Å². The maximum Gasteiger partial charge on any atom is 0.328 e. The van der Waals surface area contributed by atoms with Crippen molar-refractivity contribution in [2.45, 2.75) is 25.0 Å². The van der Waals surface area contributed by atoms with Gasteiger partial charge in [-0.2, -0.15) is 0 Å². The van der Waals surface area contributed by atoms with Gasteiger partial charge >= 0.3 is 11.9 Å². The van der Waals surface area contributed by atoms with Gasteiger partial charge in [-0.05, 0) is 44.5 Å². The van der Waals surface area contributed by atoms with E-state index < -0.39 is 11.9 Å². The first kappa shape index (κ1) is 20.4. The number of hydrogen-bond acceptors (Lipinski definition) is 6. The molecule has 2 N–H and O–H groups in total. The number of nitrogens with zero attached hydrogens (tertiary/aromatic N) is 1. The van der Waals surface area contributed by atoms with Crippen molar-refractivity contribution in [3.63, 3.8) is 0 Å². The van der Waals surface area contributed by atoms with E-state index >= 15 is 0 Å². The topological polar surface area (TPSA) is 113 Å². The standard InChI is InChI=1S/C18H21NO3.C4H4O4/c1-19-8-7-18-11-4-5-13(20)17(18)22-16-14(21-2)6-3-10(15(16)18)9-12(11)19;5-3(6)1-2-4(7)8/h3-6,10-12,15,17H,7-9H2,1-2H3;1-2H,(H,5,6)(H,7,8)/b;2-1+/t10?,11-,12+,15?,17-,18-;/m0./s1. The van der Waals surface area contributed by atoms with Gasteiger partial charge in [0.25, 0.3) is 0 Å². The number of ether oxygens (including phenoxy) is 2. The van der Waals surface area contributed by atoms with Crippen molar-refractivity contribution in [3.8, 4) is 0 Å². The van der Waals surface area contributed by atoms with Gasteiger partial charge in [-0.25, -0.2) is 9.59 Å². The molecule has 5 rings (SSSR count). The Bertz CT molecular complexity index is 885. The molecule has 3 aliphatic carbocycles. The third-order valence-electron chi connectivity index (χ3n) is 7.09. The van der Waals surface area contributed by atoms with E-state index in [2.05, 4.69) is 24.1 Å². The van der Waals surface area contributed by atoms with Gasteiger partial charge in [0, 0.05) is 35.4 Å². The average molecular weight is 415 g/mol. The number of methoxy groups -OCH3 is 1. The summed E-state index contributed by atoms with van der Waals surface area (Å²) in [6, 6.07) is 0.513. The molecule has 160 valence electrons. The van der Waals surface area contributed by atoms with Crippen molar-refractivity contribution in [1.82, 2.24) is 4.90 Å². The molecule has 6 atom stereocenters. The van der Waals surface area contributed by atoms with Gasteiger partial charge in [-0.1, -0.05) is 12.2 Å². The van der Waals surface area contributed by atoms with Crippen LogP contribution in [0.1, 0.15) is 12.8 Å². The van der Waals surface area contributed by atoms with Crippen LogP contribution in [0.5, 0.6) is 0 Å². The van der Waals surface area contributed by atoms with Crippen LogP contribution in [-0.4, -0.2) is 65.7 Å². The number of aliphatic carboxylic acids is 2. The fraction of sp³-hybridized carbons (Fsp3) is 0.500. The summed E-state index contributed by atoms with van der Waals surface area (Å²) in [4.78, 5) is 34.1. The number of rotatable bonds is 3. The van der Waals surface area contributed by atoms with Crippen molar-refractivity contribution < 1.29 is 34.1 Å². The summed E-state index contributed by atoms with van der Waals surface area (Å²) in [6.45, 7) is 1.05. The molecule has 1 saturated carbocycles. The smallest absolute Gasteiger partial charge is 0.328 e. The first-order valence-electron chi connectivity index (χ1n) is 9.98. The lowest BCUT2D eigenvalue weighted by Crippen LogP contribution is -2.64. The van der Waals surface area contributed by atoms with Gasteiger partial charge in [0.1, 0.15) is 5.76 Å². The number of carboxylic acid groups (broad SMARTS) is 2. The second-order valence-electron chi connectivity index (χ2n) is 8.37. The van der Waals surface area contributed by atoms with E-state index in [1.165, 1.54) is 0 Å². The molecule has 2 unspecified atom stereocenters. The minimum atomic E-state index is -1.26. The molecule has 0 aromatic carbocycles. The molecule has 2 saturated heterocycles. The van der Waals surface area contributed by atoms with E-state index in [0.717, 1.165) is 30.9 Å². The summed E-state index contributed by atoms with van der Waals surface area (Å²) in [5.74, 6) is 0.553. The number of allylic oxidation sites excluding steroid dienone is 3. The molecule has 2 bridgehead atoms. The van der Waals surface area contributed by atoms with E-state index in [1.54, 1.807) is 13.2 Å². The number of likely N-dealkylation sites (tertiary alicyclic amines) is 1. The third kappa shape index (κ3) is 2.98. The highest BCUT2D eigenvalue weighted by molar-refractivity contribution is 5.96. The van der Waals surface area contributed by atoms with Crippen molar-refractivity contribution in [2.24, 2.45) is 23.2 Å². The molecule has 0 amide bonds. The van der Waals surface area contributed by atoms with Crippen LogP contribution in [0.2, 0.25) is 0 Å². The minimum Gasteiger partial charge on any atom is -0.493 e. The van der Waals surface area contributed by atoms with E-state index in [1.807, 2.05) is 6.08 Å². The van der Waals surface area contributed by atoms with Crippen LogP contribution >= 0.6 is 0 Å². The van der Waals surface area contributed by atoms with Crippen molar-refractivity contribution in [2.75, 3.05) is 20.7 Å². The summed E-state index contributed by atoms with van der Waals surface area (Å²) in [5, 5.41) is 15.6. The normalized spacial score (nSPS) is 37.9. The zero-order chi connectivity index (χ0) is 21.6. The van der Waals surface area contributed by atoms with E-state index in [9.17, 15) is 14.4 Å². The monoisotopic (exact) mass is 415 g/mol. The van der Waals surface area contributed by atoms with Crippen LogP contribution in [0.3, 0.4) is 0 Å². The molecule has 2 aliphatic heterocycles. The maximum absolute atomic E-state index is 12.6. The Morgan fingerprint density at radius 3 is 2.57 bits per heavy atom. The van der Waals surface area contributed by atoms with Gasteiger partial charge in [0.2, 0.25) is 0 Å². The fourth-order valence-corrected chi connectivity index (χ4v) is 5.98. The fourth-order valence-electron chi connectivity index (χ4n) is 5.98. The molecule has 1 spiro atoms. The molecule has 0 radical (unpaired) electrons. The number of carboxylic acids is 2. The van der Waals surface area contributed by atoms with Gasteiger partial charge in [-0.15, -0.1) is 0 Å². The zero-order valence-electron chi connectivity index (χ0n) is 16.9. The van der Waals surface area contributed by atoms with Crippen LogP contribution in [0, 0.1) is 23.2 Å². The first-order valence-corrected chi connectivity index (χ1v) is 9.98. The lowest BCUT2D eigenvalue weighted by Gasteiger charge is -2.59. The van der Waals surface area contributed by atoms with Crippen LogP contribution in [0.4, 0.5) is 0 Å². The van der Waals surface area contributed by atoms with Crippen molar-refractivity contribution in [1.29, 1.82) is 0 Å². The van der Waals surface area contributed by atoms with Crippen molar-refractivity contribution >= 4 is 17.7 Å². The lowest BCUT2D eigenvalue weighted by atomic mass is 9.48. The quantitative estimate of drug-likeness (QED) is 0.669. The average Bonchev–Trinajstić information content (AvgIpc) is 3.06. The Hall–Kier alpha value is -2.87. The first-order chi connectivity index (χ1) is 14.3. The predicted octanol–water partition coefficient (Wildman–Crippen LogP) is 1.61. The second kappa shape index (κ2) is 7.43. The highest BCUT2D eigenvalue weighted by atomic mass is 16.5. The molecule has 3 fully saturated rings. The largest absolute Gasteiger partial charge is 0.493 e. The number of hydrogen-bond donors (Lipinski definition) is 2. The number of piperidine rings is 1. The predicted molar refractivity (Wildman–Crippen MR) is 105 cm³/mol. The van der Waals surface area contributed by atoms with Crippen LogP contribution in [0.25, 0.3) is 0 Å². The Kier molecular flexibility index (Phi) is 5.05. The zero-order valence-corrected chi connectivity index (χ0v) is 16.9. The molecule has 8 nitrogen and oxygen atoms in total. The Balaban J connectivity index is 0.000000235. The highest BCUT2D eigenvalue weighted by Gasteiger charge is 2.69. The van der Waals surface area contributed by atoms with Crippen molar-refractivity contribution in [3.05, 3.63) is 48.0 Å². The summed E-state index contributed by atoms with van der Waals surface area (Å²) < 4.78 is 11.8.